The molecule has 90 valence electrons. The van der Waals surface area contributed by atoms with E-state index in [9.17, 15) is 19.4 Å². The highest BCUT2D eigenvalue weighted by Crippen LogP contribution is 2.26. The van der Waals surface area contributed by atoms with Crippen LogP contribution >= 0.6 is 0 Å². The summed E-state index contributed by atoms with van der Waals surface area (Å²) in [6, 6.07) is 3.87. The fourth-order valence-electron chi connectivity index (χ4n) is 1.66. The predicted molar refractivity (Wildman–Crippen MR) is 56.9 cm³/mol. The molecule has 0 bridgehead atoms. The van der Waals surface area contributed by atoms with Crippen LogP contribution in [0.25, 0.3) is 10.9 Å². The van der Waals surface area contributed by atoms with Crippen molar-refractivity contribution in [2.45, 2.75) is 12.2 Å². The molecule has 2 atom stereocenters. The molecule has 0 aliphatic heterocycles. The zero-order chi connectivity index (χ0) is 12.6. The molecule has 1 heterocycles. The van der Waals surface area contributed by atoms with E-state index in [4.69, 9.17) is 5.11 Å². The van der Waals surface area contributed by atoms with Crippen molar-refractivity contribution in [1.82, 2.24) is 4.98 Å². The van der Waals surface area contributed by atoms with E-state index in [-0.39, 0.29) is 5.56 Å². The van der Waals surface area contributed by atoms with E-state index >= 15 is 0 Å². The lowest BCUT2D eigenvalue weighted by atomic mass is 10.0. The van der Waals surface area contributed by atoms with Gasteiger partial charge in [0.1, 0.15) is 11.9 Å². The van der Waals surface area contributed by atoms with Crippen molar-refractivity contribution in [3.05, 3.63) is 35.8 Å². The molecule has 0 aliphatic rings. The van der Waals surface area contributed by atoms with Crippen LogP contribution in [0.4, 0.5) is 4.39 Å². The third kappa shape index (κ3) is 2.00. The van der Waals surface area contributed by atoms with Gasteiger partial charge in [-0.05, 0) is 18.2 Å². The second kappa shape index (κ2) is 4.15. The SMILES string of the molecule is O=C(O)C(O)C(O)c1c[nH]c2ccc(F)cc12. The molecule has 1 aromatic carbocycles. The van der Waals surface area contributed by atoms with Crippen LogP contribution in [0.5, 0.6) is 0 Å². The van der Waals surface area contributed by atoms with Gasteiger partial charge in [-0.1, -0.05) is 0 Å². The number of carboxylic acids is 1. The first-order valence-electron chi connectivity index (χ1n) is 4.86. The van der Waals surface area contributed by atoms with Gasteiger partial charge in [-0.25, -0.2) is 9.18 Å². The van der Waals surface area contributed by atoms with E-state index in [2.05, 4.69) is 4.98 Å². The second-order valence-corrected chi connectivity index (χ2v) is 3.66. The molecule has 1 aromatic heterocycles. The number of rotatable bonds is 3. The fourth-order valence-corrected chi connectivity index (χ4v) is 1.66. The highest BCUT2D eigenvalue weighted by Gasteiger charge is 2.27. The van der Waals surface area contributed by atoms with Crippen LogP contribution in [-0.4, -0.2) is 32.4 Å². The lowest BCUT2D eigenvalue weighted by molar-refractivity contribution is -0.153. The Morgan fingerprint density at radius 3 is 2.71 bits per heavy atom. The minimum absolute atomic E-state index is 0.148. The molecule has 5 nitrogen and oxygen atoms in total. The number of H-pyrrole nitrogens is 1. The monoisotopic (exact) mass is 239 g/mol. The van der Waals surface area contributed by atoms with Crippen LogP contribution in [-0.2, 0) is 4.79 Å². The largest absolute Gasteiger partial charge is 0.479 e. The highest BCUT2D eigenvalue weighted by atomic mass is 19.1. The fraction of sp³-hybridized carbons (Fsp3) is 0.182. The molecule has 4 N–H and O–H groups in total. The Balaban J connectivity index is 2.48. The van der Waals surface area contributed by atoms with Gasteiger partial charge in [-0.15, -0.1) is 0 Å². The number of fused-ring (bicyclic) bond motifs is 1. The van der Waals surface area contributed by atoms with Gasteiger partial charge >= 0.3 is 5.97 Å². The summed E-state index contributed by atoms with van der Waals surface area (Å²) >= 11 is 0. The summed E-state index contributed by atoms with van der Waals surface area (Å²) in [4.78, 5) is 13.3. The standard InChI is InChI=1S/C11H10FNO4/c12-5-1-2-8-6(3-5)7(4-13-8)9(14)10(15)11(16)17/h1-4,9-10,13-15H,(H,16,17). The Labute approximate surface area is 95.1 Å². The van der Waals surface area contributed by atoms with E-state index < -0.39 is 24.0 Å². The summed E-state index contributed by atoms with van der Waals surface area (Å²) in [5.74, 6) is -2.04. The maximum Gasteiger partial charge on any atom is 0.335 e. The molecule has 2 unspecified atom stereocenters. The van der Waals surface area contributed by atoms with E-state index in [0.717, 1.165) is 0 Å². The molecule has 17 heavy (non-hydrogen) atoms. The van der Waals surface area contributed by atoms with Gasteiger partial charge in [0.2, 0.25) is 0 Å². The number of aliphatic carboxylic acids is 1. The van der Waals surface area contributed by atoms with Gasteiger partial charge in [-0.2, -0.15) is 0 Å². The Kier molecular flexibility index (Phi) is 2.83. The minimum atomic E-state index is -1.95. The van der Waals surface area contributed by atoms with E-state index in [1.165, 1.54) is 24.4 Å². The first-order chi connectivity index (χ1) is 8.00. The van der Waals surface area contributed by atoms with Crippen molar-refractivity contribution in [2.75, 3.05) is 0 Å². The van der Waals surface area contributed by atoms with Crippen molar-refractivity contribution in [1.29, 1.82) is 0 Å². The van der Waals surface area contributed by atoms with Crippen LogP contribution < -0.4 is 0 Å². The number of hydrogen-bond donors (Lipinski definition) is 4. The summed E-state index contributed by atoms with van der Waals surface area (Å²) < 4.78 is 13.0. The number of hydrogen-bond acceptors (Lipinski definition) is 3. The molecule has 0 saturated carbocycles. The highest BCUT2D eigenvalue weighted by molar-refractivity contribution is 5.84. The molecule has 2 aromatic rings. The lowest BCUT2D eigenvalue weighted by Crippen LogP contribution is -2.27. The average Bonchev–Trinajstić information content (AvgIpc) is 2.69. The van der Waals surface area contributed by atoms with Gasteiger partial charge in [0.25, 0.3) is 0 Å². The third-order valence-corrected chi connectivity index (χ3v) is 2.55. The number of nitrogens with one attached hydrogen (secondary N) is 1. The summed E-state index contributed by atoms with van der Waals surface area (Å²) in [6.45, 7) is 0. The number of carboxylic acid groups (broad SMARTS) is 1. The molecule has 6 heteroatoms. The molecule has 0 amide bonds. The number of carbonyl (C=O) groups is 1. The smallest absolute Gasteiger partial charge is 0.335 e. The summed E-state index contributed by atoms with van der Waals surface area (Å²) in [5, 5.41) is 27.8. The van der Waals surface area contributed by atoms with Gasteiger partial charge in [-0.3, -0.25) is 0 Å². The normalized spacial score (nSPS) is 14.8. The van der Waals surface area contributed by atoms with Gasteiger partial charge < -0.3 is 20.3 Å². The average molecular weight is 239 g/mol. The Bertz CT molecular complexity index is 566. The molecule has 0 radical (unpaired) electrons. The lowest BCUT2D eigenvalue weighted by Gasteiger charge is -2.12. The Hall–Kier alpha value is -1.92. The van der Waals surface area contributed by atoms with Gasteiger partial charge in [0.05, 0.1) is 0 Å². The van der Waals surface area contributed by atoms with Crippen LogP contribution in [0.2, 0.25) is 0 Å². The van der Waals surface area contributed by atoms with Crippen LogP contribution in [0.1, 0.15) is 11.7 Å². The number of halogens is 1. The molecule has 0 saturated heterocycles. The van der Waals surface area contributed by atoms with Crippen LogP contribution in [0, 0.1) is 5.82 Å². The minimum Gasteiger partial charge on any atom is -0.479 e. The zero-order valence-corrected chi connectivity index (χ0v) is 8.59. The maximum atomic E-state index is 13.0. The summed E-state index contributed by atoms with van der Waals surface area (Å²) in [5.41, 5.74) is 0.701. The topological polar surface area (TPSA) is 93.6 Å². The number of aromatic nitrogens is 1. The van der Waals surface area contributed by atoms with Crippen molar-refractivity contribution < 1.29 is 24.5 Å². The Morgan fingerprint density at radius 1 is 1.35 bits per heavy atom. The van der Waals surface area contributed by atoms with Gasteiger partial charge in [0, 0.05) is 22.7 Å². The van der Waals surface area contributed by atoms with E-state index in [0.29, 0.717) is 10.9 Å². The van der Waals surface area contributed by atoms with Crippen molar-refractivity contribution >= 4 is 16.9 Å². The Morgan fingerprint density at radius 2 is 2.06 bits per heavy atom. The molecular weight excluding hydrogens is 229 g/mol. The van der Waals surface area contributed by atoms with Crippen LogP contribution in [0.3, 0.4) is 0 Å². The van der Waals surface area contributed by atoms with Crippen molar-refractivity contribution in [3.8, 4) is 0 Å². The second-order valence-electron chi connectivity index (χ2n) is 3.66. The van der Waals surface area contributed by atoms with E-state index in [1.807, 2.05) is 0 Å². The molecule has 2 rings (SSSR count). The molecule has 0 fully saturated rings. The number of aromatic amines is 1. The summed E-state index contributed by atoms with van der Waals surface area (Å²) in [6.07, 6.45) is -2.21. The molecule has 0 aliphatic carbocycles. The number of aliphatic hydroxyl groups is 2. The van der Waals surface area contributed by atoms with Crippen molar-refractivity contribution in [3.63, 3.8) is 0 Å². The van der Waals surface area contributed by atoms with Gasteiger partial charge in [0.15, 0.2) is 6.10 Å². The zero-order valence-electron chi connectivity index (χ0n) is 8.59. The molecule has 0 spiro atoms. The quantitative estimate of drug-likeness (QED) is 0.637. The van der Waals surface area contributed by atoms with Crippen LogP contribution in [0.15, 0.2) is 24.4 Å². The molecular formula is C11H10FNO4. The third-order valence-electron chi connectivity index (χ3n) is 2.55. The summed E-state index contributed by atoms with van der Waals surface area (Å²) in [7, 11) is 0. The van der Waals surface area contributed by atoms with E-state index in [1.54, 1.807) is 0 Å². The first kappa shape index (κ1) is 11.6. The number of benzene rings is 1. The number of aliphatic hydroxyl groups excluding tert-OH is 2. The maximum absolute atomic E-state index is 13.0. The first-order valence-corrected chi connectivity index (χ1v) is 4.86. The predicted octanol–water partition coefficient (Wildman–Crippen LogP) is 0.786. The van der Waals surface area contributed by atoms with Crippen molar-refractivity contribution in [2.24, 2.45) is 0 Å².